The molecule has 14 rings (SSSR count). The number of hydrogen-bond donors (Lipinski definition) is 0. The van der Waals surface area contributed by atoms with Gasteiger partial charge in [0, 0.05) is 75.7 Å². The van der Waals surface area contributed by atoms with Crippen LogP contribution in [-0.4, -0.2) is 9.13 Å². The molecule has 66 heavy (non-hydrogen) atoms. The molecule has 0 bridgehead atoms. The second-order valence-electron chi connectivity index (χ2n) is 17.3. The number of hydrogen-bond acceptors (Lipinski definition) is 2. The Morgan fingerprint density at radius 2 is 0.924 bits per heavy atom. The molecule has 3 nitrogen and oxygen atoms in total. The third-order valence-electron chi connectivity index (χ3n) is 13.6. The van der Waals surface area contributed by atoms with Crippen molar-refractivity contribution in [2.45, 2.75) is 0 Å². The zero-order valence-corrected chi connectivity index (χ0v) is 36.6. The quantitative estimate of drug-likeness (QED) is 0.152. The first-order valence-corrected chi connectivity index (χ1v) is 23.4. The fraction of sp³-hybridized carbons (Fsp3) is 0. The van der Waals surface area contributed by atoms with Crippen molar-refractivity contribution < 1.29 is 0 Å². The van der Waals surface area contributed by atoms with Gasteiger partial charge in [0.1, 0.15) is 0 Å². The van der Waals surface area contributed by atoms with E-state index in [1.807, 2.05) is 11.3 Å². The van der Waals surface area contributed by atoms with Gasteiger partial charge < -0.3 is 14.0 Å². The molecular weight excluding hydrogens is 819 g/mol. The average molecular weight is 858 g/mol. The van der Waals surface area contributed by atoms with Crippen LogP contribution in [0.15, 0.2) is 237 Å². The van der Waals surface area contributed by atoms with Gasteiger partial charge in [-0.2, -0.15) is 0 Å². The molecule has 0 saturated heterocycles. The number of nitrogens with zero attached hydrogens (tertiary/aromatic N) is 3. The molecule has 308 valence electrons. The Morgan fingerprint density at radius 1 is 0.303 bits per heavy atom. The lowest BCUT2D eigenvalue weighted by Crippen LogP contribution is -2.10. The number of para-hydroxylation sites is 4. The van der Waals surface area contributed by atoms with E-state index in [-0.39, 0.29) is 0 Å². The van der Waals surface area contributed by atoms with Gasteiger partial charge in [0.2, 0.25) is 0 Å². The van der Waals surface area contributed by atoms with E-state index in [1.54, 1.807) is 0 Å². The van der Waals surface area contributed by atoms with Crippen molar-refractivity contribution in [2.24, 2.45) is 0 Å². The Balaban J connectivity index is 1.04. The van der Waals surface area contributed by atoms with Crippen LogP contribution in [0.2, 0.25) is 0 Å². The second kappa shape index (κ2) is 14.5. The van der Waals surface area contributed by atoms with Crippen molar-refractivity contribution in [3.05, 3.63) is 237 Å². The standard InChI is InChI=1S/C62H39N3S/c1-3-16-43(17-4-1)63(46-31-33-53-52-23-11-14-26-60(52)66-61(53)39-46)47-37-54(62-56(38-47)51-22-10-13-25-58(51)65(62)44-18-5-2-6-19-44)42-29-34-59-55(36-42)50-21-9-12-24-57(50)64(59)45-30-32-49-41(35-45)28-27-40-15-7-8-20-48(40)49/h1-39H. The van der Waals surface area contributed by atoms with Gasteiger partial charge in [0.05, 0.1) is 22.1 Å². The Bertz CT molecular complexity index is 4230. The van der Waals surface area contributed by atoms with E-state index in [1.165, 1.54) is 90.9 Å². The number of thiophene rings is 1. The maximum atomic E-state index is 2.46. The van der Waals surface area contributed by atoms with Crippen LogP contribution >= 0.6 is 11.3 Å². The summed E-state index contributed by atoms with van der Waals surface area (Å²) in [5, 5.41) is 12.5. The van der Waals surface area contributed by atoms with Crippen LogP contribution in [0.1, 0.15) is 0 Å². The third kappa shape index (κ3) is 5.62. The molecule has 4 heteroatoms. The zero-order chi connectivity index (χ0) is 43.3. The summed E-state index contributed by atoms with van der Waals surface area (Å²) in [7, 11) is 0. The average Bonchev–Trinajstić information content (AvgIpc) is 4.04. The van der Waals surface area contributed by atoms with Crippen LogP contribution in [0.4, 0.5) is 17.1 Å². The van der Waals surface area contributed by atoms with Gasteiger partial charge in [-0.25, -0.2) is 0 Å². The summed E-state index contributed by atoms with van der Waals surface area (Å²) >= 11 is 1.86. The van der Waals surface area contributed by atoms with E-state index < -0.39 is 0 Å². The van der Waals surface area contributed by atoms with Crippen molar-refractivity contribution in [1.29, 1.82) is 0 Å². The summed E-state index contributed by atoms with van der Waals surface area (Å²) in [6.07, 6.45) is 0. The van der Waals surface area contributed by atoms with Crippen molar-refractivity contribution in [1.82, 2.24) is 9.13 Å². The van der Waals surface area contributed by atoms with Crippen molar-refractivity contribution in [2.75, 3.05) is 4.90 Å². The summed E-state index contributed by atoms with van der Waals surface area (Å²) in [4.78, 5) is 2.44. The van der Waals surface area contributed by atoms with Gasteiger partial charge >= 0.3 is 0 Å². The van der Waals surface area contributed by atoms with Crippen LogP contribution in [0.25, 0.3) is 108 Å². The predicted molar refractivity (Wildman–Crippen MR) is 283 cm³/mol. The summed E-state index contributed by atoms with van der Waals surface area (Å²) < 4.78 is 7.49. The van der Waals surface area contributed by atoms with Crippen LogP contribution in [0.5, 0.6) is 0 Å². The van der Waals surface area contributed by atoms with Crippen LogP contribution in [-0.2, 0) is 0 Å². The Kier molecular flexibility index (Phi) is 8.15. The van der Waals surface area contributed by atoms with E-state index >= 15 is 0 Å². The number of aromatic nitrogens is 2. The highest BCUT2D eigenvalue weighted by atomic mass is 32.1. The van der Waals surface area contributed by atoms with Crippen molar-refractivity contribution in [3.63, 3.8) is 0 Å². The van der Waals surface area contributed by atoms with Crippen LogP contribution in [0, 0.1) is 0 Å². The largest absolute Gasteiger partial charge is 0.310 e. The molecule has 0 amide bonds. The topological polar surface area (TPSA) is 13.1 Å². The van der Waals surface area contributed by atoms with Gasteiger partial charge in [0.25, 0.3) is 0 Å². The fourth-order valence-corrected chi connectivity index (χ4v) is 11.9. The van der Waals surface area contributed by atoms with Gasteiger partial charge in [0.15, 0.2) is 0 Å². The maximum absolute atomic E-state index is 2.46. The molecule has 0 N–H and O–H groups in total. The molecule has 0 fully saturated rings. The van der Waals surface area contributed by atoms with Gasteiger partial charge in [-0.1, -0.05) is 146 Å². The Morgan fingerprint density at radius 3 is 1.76 bits per heavy atom. The maximum Gasteiger partial charge on any atom is 0.0621 e. The van der Waals surface area contributed by atoms with Crippen LogP contribution < -0.4 is 4.90 Å². The summed E-state index contributed by atoms with van der Waals surface area (Å²) in [6, 6.07) is 87.2. The lowest BCUT2D eigenvalue weighted by atomic mass is 9.98. The van der Waals surface area contributed by atoms with Crippen molar-refractivity contribution in [3.8, 4) is 22.5 Å². The lowest BCUT2D eigenvalue weighted by Gasteiger charge is -2.27. The second-order valence-corrected chi connectivity index (χ2v) is 18.4. The predicted octanol–water partition coefficient (Wildman–Crippen LogP) is 17.7. The molecule has 0 spiro atoms. The first-order valence-electron chi connectivity index (χ1n) is 22.6. The molecular formula is C62H39N3S. The van der Waals surface area contributed by atoms with Gasteiger partial charge in [-0.3, -0.25) is 0 Å². The monoisotopic (exact) mass is 857 g/mol. The Labute approximate surface area is 384 Å². The lowest BCUT2D eigenvalue weighted by molar-refractivity contribution is 1.18. The van der Waals surface area contributed by atoms with Gasteiger partial charge in [-0.15, -0.1) is 11.3 Å². The molecule has 0 aliphatic rings. The van der Waals surface area contributed by atoms with Crippen molar-refractivity contribution >= 4 is 114 Å². The number of anilines is 3. The highest BCUT2D eigenvalue weighted by Crippen LogP contribution is 2.47. The summed E-state index contributed by atoms with van der Waals surface area (Å²) in [5.41, 5.74) is 12.7. The molecule has 0 unspecified atom stereocenters. The first kappa shape index (κ1) is 37.0. The normalized spacial score (nSPS) is 11.9. The molecule has 3 heterocycles. The third-order valence-corrected chi connectivity index (χ3v) is 14.8. The molecule has 0 radical (unpaired) electrons. The molecule has 3 aromatic heterocycles. The van der Waals surface area contributed by atoms with E-state index in [9.17, 15) is 0 Å². The van der Waals surface area contributed by atoms with E-state index in [0.29, 0.717) is 0 Å². The van der Waals surface area contributed by atoms with E-state index in [2.05, 4.69) is 251 Å². The number of benzene rings is 11. The smallest absolute Gasteiger partial charge is 0.0621 e. The molecule has 0 aliphatic carbocycles. The van der Waals surface area contributed by atoms with Gasteiger partial charge in [-0.05, 0) is 118 Å². The van der Waals surface area contributed by atoms with E-state index in [4.69, 9.17) is 0 Å². The molecule has 11 aromatic carbocycles. The zero-order valence-electron chi connectivity index (χ0n) is 35.8. The van der Waals surface area contributed by atoms with Crippen LogP contribution in [0.3, 0.4) is 0 Å². The molecule has 0 aliphatic heterocycles. The minimum atomic E-state index is 1.10. The fourth-order valence-electron chi connectivity index (χ4n) is 10.7. The summed E-state index contributed by atoms with van der Waals surface area (Å²) in [5.74, 6) is 0. The minimum absolute atomic E-state index is 1.10. The number of rotatable bonds is 6. The SMILES string of the molecule is c1ccc(N(c2ccc3c(c2)sc2ccccc23)c2cc(-c3ccc4c(c3)c3ccccc3n4-c3ccc4c(ccc5ccccc54)c3)c3c(c2)c2ccccc2n3-c2ccccc2)cc1. The first-order chi connectivity index (χ1) is 32.7. The number of fused-ring (bicyclic) bond motifs is 12. The summed E-state index contributed by atoms with van der Waals surface area (Å²) in [6.45, 7) is 0. The van der Waals surface area contributed by atoms with E-state index in [0.717, 1.165) is 34.0 Å². The highest BCUT2D eigenvalue weighted by molar-refractivity contribution is 7.25. The highest BCUT2D eigenvalue weighted by Gasteiger charge is 2.23. The molecule has 14 aromatic rings. The Hall–Kier alpha value is -8.44. The molecule has 0 saturated carbocycles. The minimum Gasteiger partial charge on any atom is -0.310 e. The molecule has 0 atom stereocenters.